The smallest absolute Gasteiger partial charge is 0.317 e. The molecule has 0 atom stereocenters. The van der Waals surface area contributed by atoms with Crippen LogP contribution in [0.1, 0.15) is 5.69 Å². The number of halogens is 1. The number of anilines is 1. The van der Waals surface area contributed by atoms with Gasteiger partial charge in [0.15, 0.2) is 0 Å². The molecule has 0 saturated carbocycles. The van der Waals surface area contributed by atoms with E-state index >= 15 is 0 Å². The van der Waals surface area contributed by atoms with Crippen molar-refractivity contribution >= 4 is 40.4 Å². The highest BCUT2D eigenvalue weighted by Crippen LogP contribution is 2.25. The van der Waals surface area contributed by atoms with Gasteiger partial charge in [0.25, 0.3) is 11.8 Å². The highest BCUT2D eigenvalue weighted by Gasteiger charge is 2.37. The molecular formula is C25H16FN3O3. The molecule has 156 valence electrons. The molecule has 4 amide bonds. The number of aromatic nitrogens is 1. The van der Waals surface area contributed by atoms with E-state index in [1.165, 1.54) is 24.3 Å². The van der Waals surface area contributed by atoms with Crippen molar-refractivity contribution in [3.8, 4) is 5.69 Å². The monoisotopic (exact) mass is 425 g/mol. The van der Waals surface area contributed by atoms with Gasteiger partial charge in [-0.05, 0) is 59.3 Å². The Morgan fingerprint density at radius 1 is 0.781 bits per heavy atom. The van der Waals surface area contributed by atoms with Crippen LogP contribution in [0, 0.1) is 5.82 Å². The number of carbonyl (C=O) groups excluding carboxylic acids is 3. The standard InChI is InChI=1S/C25H16FN3O3/c26-18-7-3-8-21(14-18)29-24(31)22(23(30)27-25(29)32)15-19-9-4-12-28(19)20-11-10-16-5-1-2-6-17(16)13-20/h1-15H,(H,27,30,32)/b22-15+. The van der Waals surface area contributed by atoms with E-state index in [1.54, 1.807) is 12.1 Å². The molecule has 4 aromatic rings. The molecule has 3 aromatic carbocycles. The van der Waals surface area contributed by atoms with E-state index < -0.39 is 23.7 Å². The largest absolute Gasteiger partial charge is 0.335 e. The number of benzene rings is 3. The molecule has 1 saturated heterocycles. The maximum absolute atomic E-state index is 13.7. The number of nitrogens with zero attached hydrogens (tertiary/aromatic N) is 2. The fourth-order valence-corrected chi connectivity index (χ4v) is 3.73. The van der Waals surface area contributed by atoms with Crippen molar-refractivity contribution in [2.45, 2.75) is 0 Å². The number of rotatable bonds is 3. The van der Waals surface area contributed by atoms with Gasteiger partial charge in [-0.15, -0.1) is 0 Å². The van der Waals surface area contributed by atoms with E-state index in [9.17, 15) is 18.8 Å². The SMILES string of the molecule is O=C1NC(=O)N(c2cccc(F)c2)C(=O)/C1=C/c1cccn1-c1ccc2ccccc2c1. The Kier molecular flexibility index (Phi) is 4.63. The van der Waals surface area contributed by atoms with Crippen LogP contribution in [0.5, 0.6) is 0 Å². The quantitative estimate of drug-likeness (QED) is 0.390. The summed E-state index contributed by atoms with van der Waals surface area (Å²) in [6.45, 7) is 0. The Morgan fingerprint density at radius 3 is 2.41 bits per heavy atom. The number of nitrogens with one attached hydrogen (secondary N) is 1. The molecule has 1 N–H and O–H groups in total. The molecule has 2 heterocycles. The fraction of sp³-hybridized carbons (Fsp3) is 0. The Balaban J connectivity index is 1.56. The summed E-state index contributed by atoms with van der Waals surface area (Å²) in [4.78, 5) is 38.6. The van der Waals surface area contributed by atoms with Gasteiger partial charge in [-0.3, -0.25) is 14.9 Å². The minimum Gasteiger partial charge on any atom is -0.317 e. The lowest BCUT2D eigenvalue weighted by Crippen LogP contribution is -2.54. The predicted molar refractivity (Wildman–Crippen MR) is 119 cm³/mol. The van der Waals surface area contributed by atoms with Crippen LogP contribution < -0.4 is 10.2 Å². The van der Waals surface area contributed by atoms with E-state index in [0.29, 0.717) is 5.69 Å². The molecule has 6 nitrogen and oxygen atoms in total. The molecule has 0 unspecified atom stereocenters. The topological polar surface area (TPSA) is 71.4 Å². The molecule has 1 aromatic heterocycles. The molecular weight excluding hydrogens is 409 g/mol. The van der Waals surface area contributed by atoms with Gasteiger partial charge in [-0.2, -0.15) is 0 Å². The first-order chi connectivity index (χ1) is 15.5. The van der Waals surface area contributed by atoms with Gasteiger partial charge in [0.2, 0.25) is 0 Å². The second kappa shape index (κ2) is 7.63. The zero-order chi connectivity index (χ0) is 22.2. The van der Waals surface area contributed by atoms with Crippen LogP contribution >= 0.6 is 0 Å². The number of hydrogen-bond donors (Lipinski definition) is 1. The summed E-state index contributed by atoms with van der Waals surface area (Å²) in [7, 11) is 0. The van der Waals surface area contributed by atoms with Crippen molar-refractivity contribution in [2.75, 3.05) is 4.90 Å². The average molecular weight is 425 g/mol. The molecule has 0 bridgehead atoms. The third-order valence-electron chi connectivity index (χ3n) is 5.25. The number of hydrogen-bond acceptors (Lipinski definition) is 3. The minimum absolute atomic E-state index is 0.0378. The third-order valence-corrected chi connectivity index (χ3v) is 5.25. The minimum atomic E-state index is -0.923. The van der Waals surface area contributed by atoms with Gasteiger partial charge in [-0.25, -0.2) is 14.1 Å². The number of urea groups is 1. The van der Waals surface area contributed by atoms with Crippen molar-refractivity contribution in [3.05, 3.63) is 102 Å². The van der Waals surface area contributed by atoms with Crippen LogP contribution in [0.15, 0.2) is 90.6 Å². The Bertz CT molecular complexity index is 1440. The van der Waals surface area contributed by atoms with E-state index in [0.717, 1.165) is 27.4 Å². The second-order valence-corrected chi connectivity index (χ2v) is 7.27. The van der Waals surface area contributed by atoms with Crippen molar-refractivity contribution in [3.63, 3.8) is 0 Å². The molecule has 1 aliphatic rings. The van der Waals surface area contributed by atoms with Crippen LogP contribution in [0.2, 0.25) is 0 Å². The average Bonchev–Trinajstić information content (AvgIpc) is 3.24. The molecule has 0 spiro atoms. The van der Waals surface area contributed by atoms with Crippen molar-refractivity contribution in [1.82, 2.24) is 9.88 Å². The first kappa shape index (κ1) is 19.4. The van der Waals surface area contributed by atoms with E-state index in [4.69, 9.17) is 0 Å². The van der Waals surface area contributed by atoms with E-state index in [2.05, 4.69) is 5.32 Å². The summed E-state index contributed by atoms with van der Waals surface area (Å²) in [5.41, 5.74) is 1.24. The zero-order valence-electron chi connectivity index (χ0n) is 16.7. The maximum atomic E-state index is 13.7. The Hall–Kier alpha value is -4.52. The number of fused-ring (bicyclic) bond motifs is 1. The van der Waals surface area contributed by atoms with Crippen LogP contribution in [0.25, 0.3) is 22.5 Å². The predicted octanol–water partition coefficient (Wildman–Crippen LogP) is 4.44. The lowest BCUT2D eigenvalue weighted by molar-refractivity contribution is -0.122. The summed E-state index contributed by atoms with van der Waals surface area (Å²) in [6, 6.07) is 21.6. The van der Waals surface area contributed by atoms with Gasteiger partial charge < -0.3 is 4.57 Å². The van der Waals surface area contributed by atoms with Gasteiger partial charge >= 0.3 is 6.03 Å². The number of imide groups is 2. The van der Waals surface area contributed by atoms with Gasteiger partial charge in [0.05, 0.1) is 5.69 Å². The molecule has 1 aliphatic heterocycles. The number of carbonyl (C=O) groups is 3. The van der Waals surface area contributed by atoms with Gasteiger partial charge in [-0.1, -0.05) is 36.4 Å². The second-order valence-electron chi connectivity index (χ2n) is 7.27. The summed E-state index contributed by atoms with van der Waals surface area (Å²) in [6.07, 6.45) is 3.24. The highest BCUT2D eigenvalue weighted by atomic mass is 19.1. The van der Waals surface area contributed by atoms with Crippen LogP contribution in [-0.2, 0) is 9.59 Å². The lowest BCUT2D eigenvalue weighted by Gasteiger charge is -2.26. The summed E-state index contributed by atoms with van der Waals surface area (Å²) < 4.78 is 15.5. The number of amides is 4. The van der Waals surface area contributed by atoms with Crippen molar-refractivity contribution in [1.29, 1.82) is 0 Å². The van der Waals surface area contributed by atoms with Crippen LogP contribution in [-0.4, -0.2) is 22.4 Å². The lowest BCUT2D eigenvalue weighted by atomic mass is 10.1. The van der Waals surface area contributed by atoms with E-state index in [-0.39, 0.29) is 11.3 Å². The zero-order valence-corrected chi connectivity index (χ0v) is 16.7. The summed E-state index contributed by atoms with van der Waals surface area (Å²) >= 11 is 0. The molecule has 7 heteroatoms. The first-order valence-electron chi connectivity index (χ1n) is 9.85. The fourth-order valence-electron chi connectivity index (χ4n) is 3.73. The number of barbiturate groups is 1. The third kappa shape index (κ3) is 3.35. The van der Waals surface area contributed by atoms with Gasteiger partial charge in [0.1, 0.15) is 11.4 Å². The highest BCUT2D eigenvalue weighted by molar-refractivity contribution is 6.39. The Labute approximate surface area is 182 Å². The summed E-state index contributed by atoms with van der Waals surface area (Å²) in [5.74, 6) is -2.23. The maximum Gasteiger partial charge on any atom is 0.335 e. The molecule has 0 radical (unpaired) electrons. The van der Waals surface area contributed by atoms with Crippen molar-refractivity contribution < 1.29 is 18.8 Å². The Morgan fingerprint density at radius 2 is 1.59 bits per heavy atom. The first-order valence-corrected chi connectivity index (χ1v) is 9.85. The normalized spacial score (nSPS) is 15.5. The molecule has 0 aliphatic carbocycles. The van der Waals surface area contributed by atoms with E-state index in [1.807, 2.05) is 53.2 Å². The van der Waals surface area contributed by atoms with Crippen LogP contribution in [0.3, 0.4) is 0 Å². The van der Waals surface area contributed by atoms with Crippen LogP contribution in [0.4, 0.5) is 14.9 Å². The molecule has 32 heavy (non-hydrogen) atoms. The van der Waals surface area contributed by atoms with Crippen molar-refractivity contribution in [2.24, 2.45) is 0 Å². The summed E-state index contributed by atoms with van der Waals surface area (Å²) in [5, 5.41) is 4.29. The van der Waals surface area contributed by atoms with Gasteiger partial charge in [0, 0.05) is 17.6 Å². The molecule has 5 rings (SSSR count). The molecule has 1 fully saturated rings.